The monoisotopic (exact) mass is 433 g/mol. The van der Waals surface area contributed by atoms with Gasteiger partial charge < -0.3 is 19.9 Å². The van der Waals surface area contributed by atoms with Gasteiger partial charge in [0.15, 0.2) is 11.5 Å². The highest BCUT2D eigenvalue weighted by Crippen LogP contribution is 2.30. The van der Waals surface area contributed by atoms with Crippen LogP contribution in [0.15, 0.2) is 52.6 Å². The van der Waals surface area contributed by atoms with Crippen molar-refractivity contribution in [1.82, 2.24) is 5.32 Å². The van der Waals surface area contributed by atoms with Crippen molar-refractivity contribution in [3.05, 3.63) is 63.8 Å². The second-order valence-corrected chi connectivity index (χ2v) is 6.52. The summed E-state index contributed by atoms with van der Waals surface area (Å²) in [4.78, 5) is 22.4. The lowest BCUT2D eigenvalue weighted by atomic mass is 10.1. The number of carbonyl (C=O) groups excluding carboxylic acids is 1. The van der Waals surface area contributed by atoms with Crippen LogP contribution in [0.4, 0.5) is 0 Å². The van der Waals surface area contributed by atoms with E-state index in [1.54, 1.807) is 18.2 Å². The number of carboxylic acids is 1. The molecule has 2 N–H and O–H groups in total. The van der Waals surface area contributed by atoms with Gasteiger partial charge in [-0.2, -0.15) is 0 Å². The van der Waals surface area contributed by atoms with E-state index in [0.29, 0.717) is 30.3 Å². The van der Waals surface area contributed by atoms with Gasteiger partial charge in [-0.05, 0) is 48.4 Å². The molecule has 0 bridgehead atoms. The molecule has 142 valence electrons. The first-order valence-electron chi connectivity index (χ1n) is 8.25. The first kappa shape index (κ1) is 20.5. The number of rotatable bonds is 8. The van der Waals surface area contributed by atoms with Crippen molar-refractivity contribution in [2.24, 2.45) is 0 Å². The normalized spacial score (nSPS) is 11.0. The van der Waals surface area contributed by atoms with Crippen LogP contribution in [0.1, 0.15) is 25.0 Å². The molecule has 0 aliphatic carbocycles. The van der Waals surface area contributed by atoms with Crippen molar-refractivity contribution in [2.75, 3.05) is 6.61 Å². The van der Waals surface area contributed by atoms with E-state index in [1.807, 2.05) is 31.2 Å². The van der Waals surface area contributed by atoms with Crippen LogP contribution in [0, 0.1) is 0 Å². The van der Waals surface area contributed by atoms with E-state index in [4.69, 9.17) is 9.47 Å². The summed E-state index contributed by atoms with van der Waals surface area (Å²) in [6.07, 6.45) is 1.37. The van der Waals surface area contributed by atoms with Gasteiger partial charge in [0, 0.05) is 11.4 Å². The zero-order valence-electron chi connectivity index (χ0n) is 15.0. The highest BCUT2D eigenvalue weighted by Gasteiger charge is 2.11. The second kappa shape index (κ2) is 9.78. The number of amides is 1. The molecule has 0 saturated heterocycles. The molecular formula is C20H20BrNO5. The Labute approximate surface area is 165 Å². The van der Waals surface area contributed by atoms with Crippen LogP contribution in [-0.4, -0.2) is 23.6 Å². The highest BCUT2D eigenvalue weighted by atomic mass is 79.9. The third-order valence-corrected chi connectivity index (χ3v) is 3.90. The molecule has 0 fully saturated rings. The van der Waals surface area contributed by atoms with E-state index in [0.717, 1.165) is 10.0 Å². The molecule has 0 saturated carbocycles. The van der Waals surface area contributed by atoms with Gasteiger partial charge in [-0.15, -0.1) is 0 Å². The first-order chi connectivity index (χ1) is 12.9. The summed E-state index contributed by atoms with van der Waals surface area (Å²) >= 11 is 3.42. The van der Waals surface area contributed by atoms with E-state index in [9.17, 15) is 14.7 Å². The van der Waals surface area contributed by atoms with Gasteiger partial charge in [-0.1, -0.05) is 34.1 Å². The molecule has 0 spiro atoms. The van der Waals surface area contributed by atoms with Crippen molar-refractivity contribution in [3.63, 3.8) is 0 Å². The van der Waals surface area contributed by atoms with E-state index in [-0.39, 0.29) is 5.70 Å². The lowest BCUT2D eigenvalue weighted by Crippen LogP contribution is -2.24. The first-order valence-corrected chi connectivity index (χ1v) is 9.05. The Hall–Kier alpha value is -2.80. The van der Waals surface area contributed by atoms with Crippen LogP contribution in [-0.2, 0) is 16.2 Å². The zero-order chi connectivity index (χ0) is 19.8. The fourth-order valence-electron chi connectivity index (χ4n) is 2.30. The SMILES string of the molecule is CCOc1cc(C=C(NC(C)=O)C(=O)O)ccc1OCc1cccc(Br)c1. The Kier molecular flexibility index (Phi) is 7.43. The quantitative estimate of drug-likeness (QED) is 0.614. The van der Waals surface area contributed by atoms with Crippen molar-refractivity contribution in [3.8, 4) is 11.5 Å². The standard InChI is InChI=1S/C20H20BrNO5/c1-3-26-19-11-14(10-17(20(24)25)22-13(2)23)7-8-18(19)27-12-15-5-4-6-16(21)9-15/h4-11H,3,12H2,1-2H3,(H,22,23)(H,24,25). The van der Waals surface area contributed by atoms with E-state index in [1.165, 1.54) is 13.0 Å². The number of carboxylic acid groups (broad SMARTS) is 1. The van der Waals surface area contributed by atoms with E-state index in [2.05, 4.69) is 21.2 Å². The number of carbonyl (C=O) groups is 2. The minimum atomic E-state index is -1.22. The molecule has 2 aromatic rings. The van der Waals surface area contributed by atoms with Crippen LogP contribution in [0.5, 0.6) is 11.5 Å². The van der Waals surface area contributed by atoms with Gasteiger partial charge in [-0.25, -0.2) is 4.79 Å². The topological polar surface area (TPSA) is 84.9 Å². The smallest absolute Gasteiger partial charge is 0.352 e. The summed E-state index contributed by atoms with van der Waals surface area (Å²) in [6.45, 7) is 3.89. The highest BCUT2D eigenvalue weighted by molar-refractivity contribution is 9.10. The van der Waals surface area contributed by atoms with Crippen LogP contribution >= 0.6 is 15.9 Å². The third-order valence-electron chi connectivity index (χ3n) is 3.40. The lowest BCUT2D eigenvalue weighted by Gasteiger charge is -2.13. The van der Waals surface area contributed by atoms with Crippen LogP contribution in [0.2, 0.25) is 0 Å². The van der Waals surface area contributed by atoms with Gasteiger partial charge in [-0.3, -0.25) is 4.79 Å². The molecule has 6 nitrogen and oxygen atoms in total. The van der Waals surface area contributed by atoms with Crippen molar-refractivity contribution in [2.45, 2.75) is 20.5 Å². The van der Waals surface area contributed by atoms with E-state index < -0.39 is 11.9 Å². The van der Waals surface area contributed by atoms with Gasteiger partial charge in [0.2, 0.25) is 5.91 Å². The number of benzene rings is 2. The Balaban J connectivity index is 2.24. The molecule has 0 aliphatic heterocycles. The average molecular weight is 434 g/mol. The van der Waals surface area contributed by atoms with Crippen molar-refractivity contribution >= 4 is 33.9 Å². The third kappa shape index (κ3) is 6.45. The molecule has 0 unspecified atom stereocenters. The molecule has 1 amide bonds. The molecule has 0 atom stereocenters. The Morgan fingerprint density at radius 3 is 2.56 bits per heavy atom. The van der Waals surface area contributed by atoms with Gasteiger partial charge in [0.05, 0.1) is 6.61 Å². The maximum atomic E-state index is 11.3. The molecule has 0 radical (unpaired) electrons. The summed E-state index contributed by atoms with van der Waals surface area (Å²) in [7, 11) is 0. The Morgan fingerprint density at radius 2 is 1.93 bits per heavy atom. The summed E-state index contributed by atoms with van der Waals surface area (Å²) < 4.78 is 12.4. The van der Waals surface area contributed by atoms with Gasteiger partial charge in [0.1, 0.15) is 12.3 Å². The number of nitrogens with one attached hydrogen (secondary N) is 1. The summed E-state index contributed by atoms with van der Waals surface area (Å²) in [5, 5.41) is 11.5. The summed E-state index contributed by atoms with van der Waals surface area (Å²) in [5.74, 6) is -0.639. The summed E-state index contributed by atoms with van der Waals surface area (Å²) in [5.41, 5.74) is 1.35. The predicted molar refractivity (Wildman–Crippen MR) is 106 cm³/mol. The largest absolute Gasteiger partial charge is 0.490 e. The predicted octanol–water partition coefficient (Wildman–Crippen LogP) is 3.99. The molecule has 2 rings (SSSR count). The van der Waals surface area contributed by atoms with Crippen molar-refractivity contribution < 1.29 is 24.2 Å². The van der Waals surface area contributed by atoms with Crippen LogP contribution < -0.4 is 14.8 Å². The summed E-state index contributed by atoms with van der Waals surface area (Å²) in [6, 6.07) is 12.9. The molecule has 7 heteroatoms. The Bertz CT molecular complexity index is 863. The van der Waals surface area contributed by atoms with Gasteiger partial charge >= 0.3 is 5.97 Å². The minimum absolute atomic E-state index is 0.215. The van der Waals surface area contributed by atoms with Crippen molar-refractivity contribution in [1.29, 1.82) is 0 Å². The number of halogens is 1. The molecule has 0 aromatic heterocycles. The second-order valence-electron chi connectivity index (χ2n) is 5.60. The van der Waals surface area contributed by atoms with Gasteiger partial charge in [0.25, 0.3) is 0 Å². The maximum Gasteiger partial charge on any atom is 0.352 e. The lowest BCUT2D eigenvalue weighted by molar-refractivity contribution is -0.134. The number of hydrogen-bond donors (Lipinski definition) is 2. The fourth-order valence-corrected chi connectivity index (χ4v) is 2.74. The molecule has 27 heavy (non-hydrogen) atoms. The Morgan fingerprint density at radius 1 is 1.15 bits per heavy atom. The minimum Gasteiger partial charge on any atom is -0.490 e. The maximum absolute atomic E-state index is 11.3. The average Bonchev–Trinajstić information content (AvgIpc) is 2.60. The molecule has 0 aliphatic rings. The molecule has 2 aromatic carbocycles. The molecular weight excluding hydrogens is 414 g/mol. The van der Waals surface area contributed by atoms with E-state index >= 15 is 0 Å². The fraction of sp³-hybridized carbons (Fsp3) is 0.200. The number of ether oxygens (including phenoxy) is 2. The van der Waals surface area contributed by atoms with Crippen LogP contribution in [0.3, 0.4) is 0 Å². The number of hydrogen-bond acceptors (Lipinski definition) is 4. The van der Waals surface area contributed by atoms with Crippen LogP contribution in [0.25, 0.3) is 6.08 Å². The molecule has 0 heterocycles. The zero-order valence-corrected chi connectivity index (χ0v) is 16.6. The number of aliphatic carboxylic acids is 1.